The quantitative estimate of drug-likeness (QED) is 0.902. The lowest BCUT2D eigenvalue weighted by Crippen LogP contribution is -2.57. The van der Waals surface area contributed by atoms with Gasteiger partial charge in [0.25, 0.3) is 5.92 Å². The van der Waals surface area contributed by atoms with Crippen molar-refractivity contribution in [2.45, 2.75) is 18.8 Å². The van der Waals surface area contributed by atoms with E-state index in [0.29, 0.717) is 38.5 Å². The van der Waals surface area contributed by atoms with Crippen LogP contribution in [0.1, 0.15) is 12.8 Å². The number of alkyl halides is 2. The standard InChI is InChI=1S/C14H20F2N4O/c15-14(16)3-6-19(8-9-21)10-13(14)2-7-20(11-13)12-17-4-1-5-18-12/h1,4-5,21H,2-3,6-11H2/t13-/m0/s1. The zero-order valence-electron chi connectivity index (χ0n) is 11.9. The number of piperidine rings is 1. The Morgan fingerprint density at radius 3 is 2.62 bits per heavy atom. The molecule has 1 aromatic rings. The molecule has 1 atom stereocenters. The smallest absolute Gasteiger partial charge is 0.257 e. The number of hydrogen-bond donors (Lipinski definition) is 1. The largest absolute Gasteiger partial charge is 0.395 e. The predicted molar refractivity (Wildman–Crippen MR) is 74.4 cm³/mol. The summed E-state index contributed by atoms with van der Waals surface area (Å²) in [4.78, 5) is 12.1. The molecule has 1 N–H and O–H groups in total. The van der Waals surface area contributed by atoms with Crippen molar-refractivity contribution in [2.24, 2.45) is 5.41 Å². The molecule has 2 fully saturated rings. The summed E-state index contributed by atoms with van der Waals surface area (Å²) in [5.74, 6) is -2.16. The van der Waals surface area contributed by atoms with Gasteiger partial charge in [0.05, 0.1) is 12.0 Å². The second-order valence-electron chi connectivity index (χ2n) is 5.95. The molecule has 21 heavy (non-hydrogen) atoms. The van der Waals surface area contributed by atoms with Gasteiger partial charge in [-0.3, -0.25) is 4.90 Å². The first-order chi connectivity index (χ1) is 10.1. The van der Waals surface area contributed by atoms with Crippen LogP contribution in [0.15, 0.2) is 18.5 Å². The summed E-state index contributed by atoms with van der Waals surface area (Å²) in [6, 6.07) is 1.72. The van der Waals surface area contributed by atoms with Gasteiger partial charge in [0.1, 0.15) is 0 Å². The monoisotopic (exact) mass is 298 g/mol. The number of hydrogen-bond acceptors (Lipinski definition) is 5. The van der Waals surface area contributed by atoms with E-state index in [1.165, 1.54) is 0 Å². The van der Waals surface area contributed by atoms with Gasteiger partial charge in [-0.05, 0) is 12.5 Å². The molecule has 116 valence electrons. The van der Waals surface area contributed by atoms with Gasteiger partial charge < -0.3 is 10.0 Å². The minimum Gasteiger partial charge on any atom is -0.395 e. The van der Waals surface area contributed by atoms with Crippen LogP contribution in [0.4, 0.5) is 14.7 Å². The Bertz CT molecular complexity index is 487. The van der Waals surface area contributed by atoms with Gasteiger partial charge in [-0.2, -0.15) is 0 Å². The van der Waals surface area contributed by atoms with E-state index >= 15 is 0 Å². The Balaban J connectivity index is 1.79. The van der Waals surface area contributed by atoms with E-state index in [-0.39, 0.29) is 19.6 Å². The van der Waals surface area contributed by atoms with E-state index in [1.54, 1.807) is 18.5 Å². The molecule has 2 aliphatic rings. The van der Waals surface area contributed by atoms with Crippen molar-refractivity contribution in [1.29, 1.82) is 0 Å². The molecule has 2 aliphatic heterocycles. The maximum absolute atomic E-state index is 14.5. The van der Waals surface area contributed by atoms with Crippen LogP contribution in [0.5, 0.6) is 0 Å². The lowest BCUT2D eigenvalue weighted by Gasteiger charge is -2.45. The summed E-state index contributed by atoms with van der Waals surface area (Å²) in [6.07, 6.45) is 3.55. The number of β-amino-alcohol motifs (C(OH)–C–C–N with tert-alkyl or cyclic N) is 1. The fraction of sp³-hybridized carbons (Fsp3) is 0.714. The average Bonchev–Trinajstić information content (AvgIpc) is 2.91. The maximum atomic E-state index is 14.5. The highest BCUT2D eigenvalue weighted by atomic mass is 19.3. The molecule has 7 heteroatoms. The van der Waals surface area contributed by atoms with Crippen LogP contribution < -0.4 is 4.90 Å². The third-order valence-corrected chi connectivity index (χ3v) is 4.65. The molecule has 5 nitrogen and oxygen atoms in total. The number of halogens is 2. The Kier molecular flexibility index (Phi) is 3.79. The summed E-state index contributed by atoms with van der Waals surface area (Å²) < 4.78 is 29.0. The van der Waals surface area contributed by atoms with Crippen LogP contribution in [-0.2, 0) is 0 Å². The molecular weight excluding hydrogens is 278 g/mol. The Morgan fingerprint density at radius 2 is 1.90 bits per heavy atom. The van der Waals surface area contributed by atoms with Crippen LogP contribution in [0.3, 0.4) is 0 Å². The Morgan fingerprint density at radius 1 is 1.14 bits per heavy atom. The molecule has 0 saturated carbocycles. The number of rotatable bonds is 3. The average molecular weight is 298 g/mol. The van der Waals surface area contributed by atoms with E-state index in [9.17, 15) is 8.78 Å². The van der Waals surface area contributed by atoms with E-state index in [0.717, 1.165) is 0 Å². The van der Waals surface area contributed by atoms with E-state index < -0.39 is 11.3 Å². The van der Waals surface area contributed by atoms with Crippen molar-refractivity contribution >= 4 is 5.95 Å². The molecule has 0 aliphatic carbocycles. The van der Waals surface area contributed by atoms with E-state index in [4.69, 9.17) is 5.11 Å². The van der Waals surface area contributed by atoms with Gasteiger partial charge in [0.2, 0.25) is 5.95 Å². The number of aliphatic hydroxyl groups excluding tert-OH is 1. The minimum atomic E-state index is -2.68. The molecule has 0 unspecified atom stereocenters. The number of aliphatic hydroxyl groups is 1. The van der Waals surface area contributed by atoms with Crippen LogP contribution in [0.2, 0.25) is 0 Å². The summed E-state index contributed by atoms with van der Waals surface area (Å²) in [5, 5.41) is 9.05. The van der Waals surface area contributed by atoms with Crippen molar-refractivity contribution in [3.63, 3.8) is 0 Å². The fourth-order valence-corrected chi connectivity index (χ4v) is 3.44. The topological polar surface area (TPSA) is 52.5 Å². The third kappa shape index (κ3) is 2.60. The summed E-state index contributed by atoms with van der Waals surface area (Å²) >= 11 is 0. The molecule has 0 radical (unpaired) electrons. The SMILES string of the molecule is OCCN1CCC(F)(F)[C@@]2(CCN(c3ncccn3)C2)C1. The van der Waals surface area contributed by atoms with E-state index in [2.05, 4.69) is 9.97 Å². The van der Waals surface area contributed by atoms with Crippen molar-refractivity contribution in [2.75, 3.05) is 44.2 Å². The van der Waals surface area contributed by atoms with Crippen LogP contribution in [0, 0.1) is 5.41 Å². The molecular formula is C14H20F2N4O. The van der Waals surface area contributed by atoms with Gasteiger partial charge in [-0.25, -0.2) is 18.7 Å². The van der Waals surface area contributed by atoms with Crippen molar-refractivity contribution < 1.29 is 13.9 Å². The molecule has 3 rings (SSSR count). The molecule has 0 bridgehead atoms. The third-order valence-electron chi connectivity index (χ3n) is 4.65. The summed E-state index contributed by atoms with van der Waals surface area (Å²) in [5.41, 5.74) is -1.06. The highest BCUT2D eigenvalue weighted by molar-refractivity contribution is 5.33. The maximum Gasteiger partial charge on any atom is 0.257 e. The molecule has 0 amide bonds. The van der Waals surface area contributed by atoms with Crippen LogP contribution in [-0.4, -0.2) is 65.2 Å². The first kappa shape index (κ1) is 14.6. The molecule has 1 aromatic heterocycles. The van der Waals surface area contributed by atoms with Crippen LogP contribution >= 0.6 is 0 Å². The van der Waals surface area contributed by atoms with Crippen molar-refractivity contribution in [3.8, 4) is 0 Å². The Labute approximate surface area is 122 Å². The summed E-state index contributed by atoms with van der Waals surface area (Å²) in [6.45, 7) is 1.95. The molecule has 1 spiro atoms. The van der Waals surface area contributed by atoms with Gasteiger partial charge in [-0.15, -0.1) is 0 Å². The number of anilines is 1. The minimum absolute atomic E-state index is 0.00711. The molecule has 0 aromatic carbocycles. The molecule has 3 heterocycles. The van der Waals surface area contributed by atoms with Crippen molar-refractivity contribution in [3.05, 3.63) is 18.5 Å². The van der Waals surface area contributed by atoms with E-state index in [1.807, 2.05) is 9.80 Å². The second-order valence-corrected chi connectivity index (χ2v) is 5.95. The van der Waals surface area contributed by atoms with Gasteiger partial charge >= 0.3 is 0 Å². The highest BCUT2D eigenvalue weighted by Gasteiger charge is 2.59. The summed E-state index contributed by atoms with van der Waals surface area (Å²) in [7, 11) is 0. The van der Waals surface area contributed by atoms with Gasteiger partial charge in [-0.1, -0.05) is 0 Å². The highest BCUT2D eigenvalue weighted by Crippen LogP contribution is 2.49. The van der Waals surface area contributed by atoms with Gasteiger partial charge in [0.15, 0.2) is 0 Å². The zero-order valence-corrected chi connectivity index (χ0v) is 11.9. The van der Waals surface area contributed by atoms with Crippen molar-refractivity contribution in [1.82, 2.24) is 14.9 Å². The lowest BCUT2D eigenvalue weighted by atomic mass is 9.75. The normalized spacial score (nSPS) is 29.2. The van der Waals surface area contributed by atoms with Crippen LogP contribution in [0.25, 0.3) is 0 Å². The number of aromatic nitrogens is 2. The molecule has 2 saturated heterocycles. The number of likely N-dealkylation sites (tertiary alicyclic amines) is 1. The lowest BCUT2D eigenvalue weighted by molar-refractivity contribution is -0.158. The first-order valence-electron chi connectivity index (χ1n) is 7.29. The number of nitrogens with zero attached hydrogens (tertiary/aromatic N) is 4. The Hall–Kier alpha value is -1.34. The zero-order chi connectivity index (χ0) is 14.9. The fourth-order valence-electron chi connectivity index (χ4n) is 3.44. The second kappa shape index (κ2) is 5.46. The first-order valence-corrected chi connectivity index (χ1v) is 7.29. The van der Waals surface area contributed by atoms with Gasteiger partial charge in [0, 0.05) is 51.5 Å². The predicted octanol–water partition coefficient (Wildman–Crippen LogP) is 1.01.